The first-order chi connectivity index (χ1) is 34.7. The maximum atomic E-state index is 14.6. The third kappa shape index (κ3) is 18.4. The van der Waals surface area contributed by atoms with Crippen LogP contribution in [-0.2, 0) is 57.6 Å². The van der Waals surface area contributed by atoms with Gasteiger partial charge in [-0.15, -0.1) is 0 Å². The molecule has 14 N–H and O–H groups in total. The van der Waals surface area contributed by atoms with Crippen molar-refractivity contribution in [1.29, 1.82) is 0 Å². The van der Waals surface area contributed by atoms with Crippen molar-refractivity contribution in [2.75, 3.05) is 26.7 Å². The zero-order chi connectivity index (χ0) is 53.8. The molecule has 1 aromatic heterocycles. The number of nitrogens with zero attached hydrogens (tertiary/aromatic N) is 3. The minimum atomic E-state index is -1.36. The number of phenolic OH excluding ortho intramolecular Hbond substituents is 1. The summed E-state index contributed by atoms with van der Waals surface area (Å²) >= 11 is 6.00. The molecule has 0 unspecified atom stereocenters. The van der Waals surface area contributed by atoms with Gasteiger partial charge in [0.25, 0.3) is 0 Å². The van der Waals surface area contributed by atoms with Crippen LogP contribution in [0, 0.1) is 11.8 Å². The summed E-state index contributed by atoms with van der Waals surface area (Å²) in [6.07, 6.45) is 4.06. The molecule has 0 spiro atoms. The van der Waals surface area contributed by atoms with Crippen molar-refractivity contribution in [3.63, 3.8) is 0 Å². The Hall–Kier alpha value is -7.27. The van der Waals surface area contributed by atoms with Gasteiger partial charge in [0.15, 0.2) is 5.96 Å². The number of H-pyrrole nitrogens is 1. The van der Waals surface area contributed by atoms with E-state index in [2.05, 4.69) is 52.2 Å². The first kappa shape index (κ1) is 58.3. The van der Waals surface area contributed by atoms with Crippen molar-refractivity contribution < 1.29 is 48.6 Å². The van der Waals surface area contributed by atoms with E-state index in [9.17, 15) is 48.6 Å². The lowest BCUT2D eigenvalue weighted by Crippen LogP contribution is -2.62. The number of halogens is 1. The van der Waals surface area contributed by atoms with E-state index in [4.69, 9.17) is 23.1 Å². The van der Waals surface area contributed by atoms with Gasteiger partial charge in [0.2, 0.25) is 41.4 Å². The first-order valence-electron chi connectivity index (χ1n) is 24.2. The first-order valence-corrected chi connectivity index (χ1v) is 24.6. The third-order valence-corrected chi connectivity index (χ3v) is 12.6. The van der Waals surface area contributed by atoms with Gasteiger partial charge < -0.3 is 68.8 Å². The third-order valence-electron chi connectivity index (χ3n) is 12.4. The van der Waals surface area contributed by atoms with E-state index in [1.165, 1.54) is 29.6 Å². The summed E-state index contributed by atoms with van der Waals surface area (Å²) < 4.78 is 0. The van der Waals surface area contributed by atoms with Crippen LogP contribution in [0.5, 0.6) is 5.75 Å². The second-order valence-electron chi connectivity index (χ2n) is 18.4. The van der Waals surface area contributed by atoms with E-state index >= 15 is 0 Å². The molecule has 2 heterocycles. The van der Waals surface area contributed by atoms with Crippen molar-refractivity contribution in [2.24, 2.45) is 28.3 Å². The number of nitrogens with one attached hydrogen (secondary N) is 8. The Kier molecular flexibility index (Phi) is 22.9. The molecule has 73 heavy (non-hydrogen) atoms. The molecule has 1 fully saturated rings. The number of rotatable bonds is 28. The average molecular weight is 1040 g/mol. The van der Waals surface area contributed by atoms with Gasteiger partial charge in [0.1, 0.15) is 48.0 Å². The van der Waals surface area contributed by atoms with Gasteiger partial charge in [-0.1, -0.05) is 70.0 Å². The number of aromatic hydroxyl groups is 1. The molecule has 0 bridgehead atoms. The minimum Gasteiger partial charge on any atom is -0.508 e. The van der Waals surface area contributed by atoms with E-state index < -0.39 is 101 Å². The molecule has 0 radical (unpaired) electrons. The van der Waals surface area contributed by atoms with E-state index in [1.807, 2.05) is 0 Å². The summed E-state index contributed by atoms with van der Waals surface area (Å²) in [5.74, 6) is -7.27. The van der Waals surface area contributed by atoms with Crippen LogP contribution in [0.1, 0.15) is 76.6 Å². The predicted molar refractivity (Wildman–Crippen MR) is 271 cm³/mol. The quantitative estimate of drug-likeness (QED) is 0.0254. The monoisotopic (exact) mass is 1040 g/mol. The molecule has 0 saturated carbocycles. The second-order valence-corrected chi connectivity index (χ2v) is 18.8. The number of carboxylic acid groups (broad SMARTS) is 1. The standard InChI is InChI=1S/C49H70ClN13O10/c1-6-28(4)41(46(70)59-36(23-32-24-54-26-56-32)47(71)63-20-8-10-38(63)44(68)60-37(48(72)73)22-29-11-15-31(50)16-12-29)62-43(67)35(21-30-13-17-33(64)18-14-30)58-45(69)40(27(2)3)61-42(66)34(57-39(65)25-53-5)9-7-19-55-49(51)52/h11-18,24,26-28,34-38,40-41,53,64H,6-10,19-23,25H2,1-5H3,(H,54,56)(H,57,65)(H,58,69)(H,59,70)(H,60,68)(H,61,66)(H,62,67)(H,72,73)(H4,51,52,55)/t28-,34+,35-,36-,37+,38+,40-,41-/m0/s1. The fraction of sp³-hybridized carbons (Fsp3) is 0.510. The highest BCUT2D eigenvalue weighted by Gasteiger charge is 2.41. The molecule has 7 amide bonds. The number of carboxylic acids is 1. The highest BCUT2D eigenvalue weighted by molar-refractivity contribution is 6.30. The minimum absolute atomic E-state index is 0.0433. The molecule has 8 atom stereocenters. The van der Waals surface area contributed by atoms with Crippen LogP contribution < -0.4 is 48.7 Å². The van der Waals surface area contributed by atoms with Gasteiger partial charge in [-0.3, -0.25) is 38.6 Å². The van der Waals surface area contributed by atoms with Gasteiger partial charge in [-0.05, 0) is 80.0 Å². The molecule has 3 aromatic rings. The van der Waals surface area contributed by atoms with Crippen LogP contribution >= 0.6 is 11.6 Å². The second kappa shape index (κ2) is 28.7. The number of benzene rings is 2. The van der Waals surface area contributed by atoms with Crippen LogP contribution in [0.2, 0.25) is 5.02 Å². The number of hydrogen-bond donors (Lipinski definition) is 12. The van der Waals surface area contributed by atoms with Crippen LogP contribution in [0.3, 0.4) is 0 Å². The van der Waals surface area contributed by atoms with Crippen molar-refractivity contribution in [2.45, 2.75) is 121 Å². The summed E-state index contributed by atoms with van der Waals surface area (Å²) in [5, 5.41) is 39.5. The summed E-state index contributed by atoms with van der Waals surface area (Å²) in [5.41, 5.74) is 12.5. The zero-order valence-corrected chi connectivity index (χ0v) is 42.5. The number of aliphatic carboxylic acids is 1. The average Bonchev–Trinajstić information content (AvgIpc) is 4.06. The number of carbonyl (C=O) groups is 8. The van der Waals surface area contributed by atoms with Gasteiger partial charge in [0, 0.05) is 49.3 Å². The maximum absolute atomic E-state index is 14.6. The number of hydrogen-bond acceptors (Lipinski definition) is 12. The fourth-order valence-electron chi connectivity index (χ4n) is 8.17. The topological polar surface area (TPSA) is 358 Å². The zero-order valence-electron chi connectivity index (χ0n) is 41.8. The van der Waals surface area contributed by atoms with Gasteiger partial charge in [-0.2, -0.15) is 0 Å². The molecule has 1 aliphatic heterocycles. The van der Waals surface area contributed by atoms with E-state index in [0.29, 0.717) is 41.1 Å². The largest absolute Gasteiger partial charge is 0.508 e. The summed E-state index contributed by atoms with van der Waals surface area (Å²) in [4.78, 5) is 123. The normalized spacial score (nSPS) is 16.1. The Balaban J connectivity index is 1.58. The molecule has 24 heteroatoms. The number of likely N-dealkylation sites (tertiary alicyclic amines) is 1. The lowest BCUT2D eigenvalue weighted by atomic mass is 9.96. The Morgan fingerprint density at radius 1 is 0.795 bits per heavy atom. The van der Waals surface area contributed by atoms with Gasteiger partial charge in [-0.25, -0.2) is 9.78 Å². The van der Waals surface area contributed by atoms with Crippen LogP contribution in [0.25, 0.3) is 0 Å². The molecular weight excluding hydrogens is 966 g/mol. The highest BCUT2D eigenvalue weighted by Crippen LogP contribution is 2.22. The fourth-order valence-corrected chi connectivity index (χ4v) is 8.29. The van der Waals surface area contributed by atoms with Crippen molar-refractivity contribution in [3.8, 4) is 5.75 Å². The molecular formula is C49H70ClN13O10. The summed E-state index contributed by atoms with van der Waals surface area (Å²) in [6.45, 7) is 7.12. The van der Waals surface area contributed by atoms with Crippen molar-refractivity contribution in [1.82, 2.24) is 52.1 Å². The summed E-state index contributed by atoms with van der Waals surface area (Å²) in [6, 6.07) is 3.83. The number of nitrogens with two attached hydrogens (primary N) is 2. The smallest absolute Gasteiger partial charge is 0.326 e. The van der Waals surface area contributed by atoms with E-state index in [0.717, 1.165) is 0 Å². The molecule has 1 aliphatic rings. The lowest BCUT2D eigenvalue weighted by molar-refractivity contribution is -0.145. The number of carbonyl (C=O) groups excluding carboxylic acids is 7. The SMILES string of the molecule is CC[C@H](C)[C@H](NC(=O)[C@H](Cc1ccc(O)cc1)NC(=O)[C@@H](NC(=O)[C@@H](CCCN=C(N)N)NC(=O)CNC)C(C)C)C(=O)N[C@@H](Cc1cnc[nH]1)C(=O)N1CCC[C@@H]1C(=O)N[C@H](Cc1ccc(Cl)cc1)C(=O)O. The number of aromatic nitrogens is 2. The molecule has 0 aliphatic carbocycles. The van der Waals surface area contributed by atoms with Gasteiger partial charge in [0.05, 0.1) is 12.9 Å². The van der Waals surface area contributed by atoms with E-state index in [-0.39, 0.29) is 63.4 Å². The van der Waals surface area contributed by atoms with Crippen LogP contribution in [0.4, 0.5) is 0 Å². The number of phenols is 1. The van der Waals surface area contributed by atoms with E-state index in [1.54, 1.807) is 71.1 Å². The van der Waals surface area contributed by atoms with Gasteiger partial charge >= 0.3 is 5.97 Å². The number of aliphatic imine (C=N–C) groups is 1. The van der Waals surface area contributed by atoms with Crippen LogP contribution in [-0.4, -0.2) is 147 Å². The Morgan fingerprint density at radius 2 is 1.40 bits per heavy atom. The molecule has 1 saturated heterocycles. The Labute approximate surface area is 429 Å². The Morgan fingerprint density at radius 3 is 1.99 bits per heavy atom. The number of aromatic amines is 1. The Bertz CT molecular complexity index is 2370. The molecule has 2 aromatic carbocycles. The number of likely N-dealkylation sites (N-methyl/N-ethyl adjacent to an activating group) is 1. The predicted octanol–water partition coefficient (Wildman–Crippen LogP) is -0.244. The number of amides is 7. The molecule has 23 nitrogen and oxygen atoms in total. The molecule has 398 valence electrons. The van der Waals surface area contributed by atoms with Crippen LogP contribution in [0.15, 0.2) is 66.0 Å². The lowest BCUT2D eigenvalue weighted by Gasteiger charge is -2.32. The maximum Gasteiger partial charge on any atom is 0.326 e. The summed E-state index contributed by atoms with van der Waals surface area (Å²) in [7, 11) is 1.57. The molecule has 4 rings (SSSR count). The number of imidazole rings is 1. The number of guanidine groups is 1. The van der Waals surface area contributed by atoms with Crippen molar-refractivity contribution >= 4 is 64.9 Å². The van der Waals surface area contributed by atoms with Crippen molar-refractivity contribution in [3.05, 3.63) is 82.9 Å². The highest BCUT2D eigenvalue weighted by atomic mass is 35.5.